The van der Waals surface area contributed by atoms with E-state index in [1.165, 1.54) is 5.56 Å². The molecule has 0 aliphatic heterocycles. The molecule has 1 aromatic carbocycles. The minimum atomic E-state index is 0.750. The van der Waals surface area contributed by atoms with E-state index in [-0.39, 0.29) is 0 Å². The first-order valence-corrected chi connectivity index (χ1v) is 5.55. The third kappa shape index (κ3) is 2.91. The minimum Gasteiger partial charge on any atom is -0.261 e. The zero-order chi connectivity index (χ0) is 12.1. The number of nitrogens with one attached hydrogen (secondary N) is 1. The van der Waals surface area contributed by atoms with Crippen molar-refractivity contribution >= 4 is 11.5 Å². The molecule has 86 valence electrons. The van der Waals surface area contributed by atoms with Crippen molar-refractivity contribution in [1.29, 1.82) is 0 Å². The van der Waals surface area contributed by atoms with Gasteiger partial charge in [0, 0.05) is 11.8 Å². The summed E-state index contributed by atoms with van der Waals surface area (Å²) in [5.41, 5.74) is 6.27. The molecule has 1 N–H and O–H groups in total. The fourth-order valence-corrected chi connectivity index (χ4v) is 1.61. The standard InChI is InChI=1S/C14H15N3/c1-11-7-3-4-8-13(11)12(2)16-17-14-9-5-6-10-15-14/h3-10H,1-2H3,(H,15,17)/b16-12+. The van der Waals surface area contributed by atoms with Crippen molar-refractivity contribution < 1.29 is 0 Å². The van der Waals surface area contributed by atoms with Crippen molar-refractivity contribution in [2.75, 3.05) is 5.43 Å². The van der Waals surface area contributed by atoms with Gasteiger partial charge in [-0.25, -0.2) is 4.98 Å². The van der Waals surface area contributed by atoms with Gasteiger partial charge in [0.15, 0.2) is 0 Å². The quantitative estimate of drug-likeness (QED) is 0.643. The summed E-state index contributed by atoms with van der Waals surface area (Å²) >= 11 is 0. The molecule has 0 unspecified atom stereocenters. The Bertz CT molecular complexity index is 518. The van der Waals surface area contributed by atoms with Crippen LogP contribution >= 0.6 is 0 Å². The number of nitrogens with zero attached hydrogens (tertiary/aromatic N) is 2. The van der Waals surface area contributed by atoms with E-state index in [2.05, 4.69) is 34.6 Å². The first kappa shape index (κ1) is 11.3. The van der Waals surface area contributed by atoms with Crippen LogP contribution in [0.1, 0.15) is 18.1 Å². The number of pyridine rings is 1. The van der Waals surface area contributed by atoms with Gasteiger partial charge < -0.3 is 0 Å². The number of aromatic nitrogens is 1. The lowest BCUT2D eigenvalue weighted by Crippen LogP contribution is -2.02. The number of rotatable bonds is 3. The molecule has 1 aromatic heterocycles. The average molecular weight is 225 g/mol. The smallest absolute Gasteiger partial charge is 0.146 e. The second-order valence-electron chi connectivity index (χ2n) is 3.84. The highest BCUT2D eigenvalue weighted by atomic mass is 15.3. The van der Waals surface area contributed by atoms with Crippen LogP contribution in [-0.4, -0.2) is 10.7 Å². The molecule has 0 aliphatic carbocycles. The fraction of sp³-hybridized carbons (Fsp3) is 0.143. The highest BCUT2D eigenvalue weighted by molar-refractivity contribution is 6.00. The third-order valence-corrected chi connectivity index (χ3v) is 2.54. The number of benzene rings is 1. The summed E-state index contributed by atoms with van der Waals surface area (Å²) in [6.07, 6.45) is 1.74. The maximum absolute atomic E-state index is 4.33. The third-order valence-electron chi connectivity index (χ3n) is 2.54. The van der Waals surface area contributed by atoms with E-state index in [4.69, 9.17) is 0 Å². The molecule has 0 saturated heterocycles. The van der Waals surface area contributed by atoms with Crippen LogP contribution in [0.3, 0.4) is 0 Å². The van der Waals surface area contributed by atoms with E-state index in [0.29, 0.717) is 0 Å². The maximum Gasteiger partial charge on any atom is 0.146 e. The summed E-state index contributed by atoms with van der Waals surface area (Å²) in [6, 6.07) is 13.9. The van der Waals surface area contributed by atoms with Gasteiger partial charge in [0.1, 0.15) is 5.82 Å². The first-order chi connectivity index (χ1) is 8.27. The van der Waals surface area contributed by atoms with Gasteiger partial charge in [-0.05, 0) is 31.5 Å². The van der Waals surface area contributed by atoms with Crippen molar-refractivity contribution in [3.63, 3.8) is 0 Å². The van der Waals surface area contributed by atoms with E-state index in [1.807, 2.05) is 37.3 Å². The summed E-state index contributed by atoms with van der Waals surface area (Å²) in [6.45, 7) is 4.06. The molecule has 0 fully saturated rings. The van der Waals surface area contributed by atoms with E-state index in [9.17, 15) is 0 Å². The van der Waals surface area contributed by atoms with Gasteiger partial charge in [0.2, 0.25) is 0 Å². The second kappa shape index (κ2) is 5.25. The lowest BCUT2D eigenvalue weighted by atomic mass is 10.1. The Kier molecular flexibility index (Phi) is 3.50. The van der Waals surface area contributed by atoms with Gasteiger partial charge in [-0.15, -0.1) is 0 Å². The van der Waals surface area contributed by atoms with Crippen LogP contribution in [0.4, 0.5) is 5.82 Å². The molecule has 0 aliphatic rings. The maximum atomic E-state index is 4.33. The molecule has 2 rings (SSSR count). The molecular formula is C14H15N3. The number of hydrazone groups is 1. The zero-order valence-corrected chi connectivity index (χ0v) is 10.0. The van der Waals surface area contributed by atoms with Gasteiger partial charge in [0.05, 0.1) is 5.71 Å². The molecule has 0 amide bonds. The molecule has 0 radical (unpaired) electrons. The predicted molar refractivity (Wildman–Crippen MR) is 71.2 cm³/mol. The molecule has 0 atom stereocenters. The minimum absolute atomic E-state index is 0.750. The number of hydrogen-bond acceptors (Lipinski definition) is 3. The van der Waals surface area contributed by atoms with Crippen molar-refractivity contribution in [2.24, 2.45) is 5.10 Å². The molecule has 2 aromatic rings. The normalized spacial score (nSPS) is 11.3. The van der Waals surface area contributed by atoms with Crippen molar-refractivity contribution in [1.82, 2.24) is 4.98 Å². The van der Waals surface area contributed by atoms with Crippen molar-refractivity contribution in [3.8, 4) is 0 Å². The molecular weight excluding hydrogens is 210 g/mol. The van der Waals surface area contributed by atoms with E-state index in [1.54, 1.807) is 6.20 Å². The highest BCUT2D eigenvalue weighted by Crippen LogP contribution is 2.09. The lowest BCUT2D eigenvalue weighted by Gasteiger charge is -2.05. The summed E-state index contributed by atoms with van der Waals surface area (Å²) in [7, 11) is 0. The van der Waals surface area contributed by atoms with E-state index in [0.717, 1.165) is 17.1 Å². The molecule has 0 bridgehead atoms. The number of anilines is 1. The summed E-state index contributed by atoms with van der Waals surface area (Å²) in [5.74, 6) is 0.750. The van der Waals surface area contributed by atoms with Crippen LogP contribution in [0, 0.1) is 6.92 Å². The second-order valence-corrected chi connectivity index (χ2v) is 3.84. The molecule has 0 saturated carbocycles. The van der Waals surface area contributed by atoms with Crippen LogP contribution in [0.15, 0.2) is 53.8 Å². The lowest BCUT2D eigenvalue weighted by molar-refractivity contribution is 1.22. The van der Waals surface area contributed by atoms with Crippen LogP contribution in [0.25, 0.3) is 0 Å². The van der Waals surface area contributed by atoms with Gasteiger partial charge in [-0.1, -0.05) is 30.3 Å². The molecule has 1 heterocycles. The van der Waals surface area contributed by atoms with Gasteiger partial charge in [-0.2, -0.15) is 5.10 Å². The molecule has 3 heteroatoms. The zero-order valence-electron chi connectivity index (χ0n) is 10.0. The van der Waals surface area contributed by atoms with E-state index >= 15 is 0 Å². The van der Waals surface area contributed by atoms with Crippen LogP contribution < -0.4 is 5.43 Å². The van der Waals surface area contributed by atoms with Crippen molar-refractivity contribution in [2.45, 2.75) is 13.8 Å². The summed E-state index contributed by atoms with van der Waals surface area (Å²) in [5, 5.41) is 4.33. The average Bonchev–Trinajstić information content (AvgIpc) is 2.38. The Morgan fingerprint density at radius 1 is 1.12 bits per heavy atom. The fourth-order valence-electron chi connectivity index (χ4n) is 1.61. The monoisotopic (exact) mass is 225 g/mol. The number of hydrogen-bond donors (Lipinski definition) is 1. The number of aryl methyl sites for hydroxylation is 1. The Labute approximate surface area is 101 Å². The Morgan fingerprint density at radius 2 is 1.88 bits per heavy atom. The molecule has 0 spiro atoms. The molecule has 3 nitrogen and oxygen atoms in total. The SMILES string of the molecule is C/C(=N\Nc1ccccn1)c1ccccc1C. The predicted octanol–water partition coefficient (Wildman–Crippen LogP) is 3.23. The summed E-state index contributed by atoms with van der Waals surface area (Å²) in [4.78, 5) is 4.15. The molecule has 17 heavy (non-hydrogen) atoms. The van der Waals surface area contributed by atoms with Gasteiger partial charge in [0.25, 0.3) is 0 Å². The van der Waals surface area contributed by atoms with Gasteiger partial charge in [-0.3, -0.25) is 5.43 Å². The largest absolute Gasteiger partial charge is 0.261 e. The Hall–Kier alpha value is -2.16. The van der Waals surface area contributed by atoms with Crippen LogP contribution in [0.2, 0.25) is 0 Å². The van der Waals surface area contributed by atoms with Crippen LogP contribution in [-0.2, 0) is 0 Å². The topological polar surface area (TPSA) is 37.3 Å². The summed E-state index contributed by atoms with van der Waals surface area (Å²) < 4.78 is 0. The Morgan fingerprint density at radius 3 is 2.59 bits per heavy atom. The Balaban J connectivity index is 2.16. The first-order valence-electron chi connectivity index (χ1n) is 5.55. The van der Waals surface area contributed by atoms with Gasteiger partial charge >= 0.3 is 0 Å². The van der Waals surface area contributed by atoms with Crippen molar-refractivity contribution in [3.05, 3.63) is 59.8 Å². The highest BCUT2D eigenvalue weighted by Gasteiger charge is 2.00. The van der Waals surface area contributed by atoms with Crippen LogP contribution in [0.5, 0.6) is 0 Å². The van der Waals surface area contributed by atoms with E-state index < -0.39 is 0 Å².